The molecule has 3 rings (SSSR count). The summed E-state index contributed by atoms with van der Waals surface area (Å²) in [6.45, 7) is 6.41. The molecule has 4 amide bonds. The van der Waals surface area contributed by atoms with Gasteiger partial charge in [-0.2, -0.15) is 0 Å². The Hall–Kier alpha value is -3.67. The molecule has 1 saturated heterocycles. The van der Waals surface area contributed by atoms with Crippen molar-refractivity contribution in [3.63, 3.8) is 0 Å². The second-order valence-corrected chi connectivity index (χ2v) is 12.2. The van der Waals surface area contributed by atoms with E-state index in [1.807, 2.05) is 86.5 Å². The number of hydrogen-bond acceptors (Lipinski definition) is 7. The Kier molecular flexibility index (Phi) is 16.0. The fourth-order valence-electron chi connectivity index (χ4n) is 5.56. The molecule has 11 nitrogen and oxygen atoms in total. The number of likely N-dealkylation sites (tertiary alicyclic amines) is 1. The minimum atomic E-state index is -1.17. The Morgan fingerprint density at radius 2 is 1.46 bits per heavy atom. The van der Waals surface area contributed by atoms with Gasteiger partial charge in [0.15, 0.2) is 6.10 Å². The molecule has 1 aliphatic heterocycles. The Labute approximate surface area is 278 Å². The molecule has 12 heteroatoms. The fourth-order valence-corrected chi connectivity index (χ4v) is 5.56. The molecule has 1 heterocycles. The molecule has 0 bridgehead atoms. The highest BCUT2D eigenvalue weighted by molar-refractivity contribution is 5.89. The Bertz CT molecular complexity index is 1240. The van der Waals surface area contributed by atoms with Crippen LogP contribution in [0.15, 0.2) is 60.7 Å². The first-order valence-electron chi connectivity index (χ1n) is 15.8. The van der Waals surface area contributed by atoms with E-state index < -0.39 is 42.2 Å². The summed E-state index contributed by atoms with van der Waals surface area (Å²) in [5.74, 6) is -2.13. The molecular weight excluding hydrogens is 610 g/mol. The van der Waals surface area contributed by atoms with Gasteiger partial charge in [0, 0.05) is 25.0 Å². The lowest BCUT2D eigenvalue weighted by Crippen LogP contribution is -2.55. The average Bonchev–Trinajstić information content (AvgIpc) is 3.03. The van der Waals surface area contributed by atoms with Crippen molar-refractivity contribution in [2.24, 2.45) is 17.6 Å². The smallest absolute Gasteiger partial charge is 0.408 e. The van der Waals surface area contributed by atoms with Gasteiger partial charge in [-0.15, -0.1) is 12.4 Å². The number of hydrogen-bond donors (Lipinski definition) is 5. The van der Waals surface area contributed by atoms with Crippen LogP contribution >= 0.6 is 12.4 Å². The van der Waals surface area contributed by atoms with Crippen LogP contribution in [0.3, 0.4) is 0 Å². The number of benzene rings is 2. The highest BCUT2D eigenvalue weighted by Gasteiger charge is 2.35. The van der Waals surface area contributed by atoms with E-state index in [9.17, 15) is 24.3 Å². The topological polar surface area (TPSA) is 163 Å². The monoisotopic (exact) mass is 659 g/mol. The maximum atomic E-state index is 13.9. The lowest BCUT2D eigenvalue weighted by atomic mass is 9.88. The van der Waals surface area contributed by atoms with Crippen molar-refractivity contribution < 1.29 is 29.0 Å². The lowest BCUT2D eigenvalue weighted by Gasteiger charge is -2.36. The van der Waals surface area contributed by atoms with E-state index >= 15 is 0 Å². The van der Waals surface area contributed by atoms with Crippen LogP contribution in [0.2, 0.25) is 0 Å². The number of nitrogens with two attached hydrogens (primary N) is 1. The number of piperidine rings is 1. The van der Waals surface area contributed by atoms with Crippen molar-refractivity contribution in [2.75, 3.05) is 20.1 Å². The second kappa shape index (κ2) is 19.1. The van der Waals surface area contributed by atoms with Crippen molar-refractivity contribution in [3.05, 3.63) is 71.8 Å². The molecule has 1 aliphatic rings. The SMILES string of the molecule is CNC1CCN(C(=O)C(NC(=O)C(Cc2ccccc2)CC(O)C(Cc2ccccc2)NC(=O)OC(C)C(N)=O)C(C)C)CC1.Cl. The highest BCUT2D eigenvalue weighted by Crippen LogP contribution is 2.21. The van der Waals surface area contributed by atoms with Gasteiger partial charge in [-0.05, 0) is 63.1 Å². The number of alkyl carbamates (subject to hydrolysis) is 1. The summed E-state index contributed by atoms with van der Waals surface area (Å²) in [6.07, 6.45) is -0.982. The van der Waals surface area contributed by atoms with Crippen molar-refractivity contribution in [2.45, 2.75) is 83.2 Å². The van der Waals surface area contributed by atoms with Crippen LogP contribution in [0, 0.1) is 11.8 Å². The molecule has 0 spiro atoms. The van der Waals surface area contributed by atoms with E-state index in [1.165, 1.54) is 6.92 Å². The Balaban J connectivity index is 0.00000736. The minimum Gasteiger partial charge on any atom is -0.436 e. The maximum Gasteiger partial charge on any atom is 0.408 e. The van der Waals surface area contributed by atoms with Gasteiger partial charge in [-0.3, -0.25) is 14.4 Å². The number of nitrogens with one attached hydrogen (secondary N) is 3. The molecule has 5 unspecified atom stereocenters. The maximum absolute atomic E-state index is 13.9. The number of nitrogens with zero attached hydrogens (tertiary/aromatic N) is 1. The van der Waals surface area contributed by atoms with Gasteiger partial charge in [0.25, 0.3) is 5.91 Å². The van der Waals surface area contributed by atoms with Crippen LogP contribution in [0.25, 0.3) is 0 Å². The van der Waals surface area contributed by atoms with Gasteiger partial charge in [0.05, 0.1) is 12.1 Å². The largest absolute Gasteiger partial charge is 0.436 e. The van der Waals surface area contributed by atoms with E-state index in [0.717, 1.165) is 24.0 Å². The van der Waals surface area contributed by atoms with Crippen LogP contribution in [-0.4, -0.2) is 84.3 Å². The van der Waals surface area contributed by atoms with Crippen LogP contribution in [0.1, 0.15) is 51.2 Å². The van der Waals surface area contributed by atoms with Gasteiger partial charge >= 0.3 is 6.09 Å². The molecule has 46 heavy (non-hydrogen) atoms. The van der Waals surface area contributed by atoms with Crippen LogP contribution in [0.5, 0.6) is 0 Å². The van der Waals surface area contributed by atoms with Gasteiger partial charge in [-0.1, -0.05) is 74.5 Å². The molecule has 0 aliphatic carbocycles. The summed E-state index contributed by atoms with van der Waals surface area (Å²) in [5.41, 5.74) is 6.99. The molecule has 0 saturated carbocycles. The number of ether oxygens (including phenoxy) is 1. The molecule has 1 fully saturated rings. The summed E-state index contributed by atoms with van der Waals surface area (Å²) in [5, 5.41) is 20.5. The standard InChI is InChI=1S/C34H49N5O6.ClH/c1-22(2)30(33(43)39-17-15-27(36-4)16-18-39)38-32(42)26(19-24-11-7-5-8-12-24)21-29(40)28(20-25-13-9-6-10-14-25)37-34(44)45-23(3)31(35)41;/h5-14,22-23,26-30,36,40H,15-21H2,1-4H3,(H2,35,41)(H,37,44)(H,38,42);1H. The van der Waals surface area contributed by atoms with E-state index in [0.29, 0.717) is 25.6 Å². The highest BCUT2D eigenvalue weighted by atomic mass is 35.5. The number of halogens is 1. The number of primary amides is 1. The predicted molar refractivity (Wildman–Crippen MR) is 179 cm³/mol. The van der Waals surface area contributed by atoms with Crippen molar-refractivity contribution in [1.82, 2.24) is 20.9 Å². The average molecular weight is 660 g/mol. The van der Waals surface area contributed by atoms with Gasteiger partial charge < -0.3 is 36.4 Å². The van der Waals surface area contributed by atoms with Gasteiger partial charge in [0.2, 0.25) is 11.8 Å². The van der Waals surface area contributed by atoms with Crippen molar-refractivity contribution in [1.29, 1.82) is 0 Å². The van der Waals surface area contributed by atoms with Crippen molar-refractivity contribution >= 4 is 36.2 Å². The Morgan fingerprint density at radius 3 is 1.96 bits per heavy atom. The number of aliphatic hydroxyl groups excluding tert-OH is 1. The number of carbonyl (C=O) groups is 4. The van der Waals surface area contributed by atoms with E-state index in [1.54, 1.807) is 0 Å². The number of amides is 4. The first-order chi connectivity index (χ1) is 21.5. The van der Waals surface area contributed by atoms with Crippen molar-refractivity contribution in [3.8, 4) is 0 Å². The second-order valence-electron chi connectivity index (χ2n) is 12.2. The van der Waals surface area contributed by atoms with E-state index in [4.69, 9.17) is 10.5 Å². The van der Waals surface area contributed by atoms with Crippen LogP contribution < -0.4 is 21.7 Å². The normalized spacial score (nSPS) is 16.7. The van der Waals surface area contributed by atoms with Crippen LogP contribution in [-0.2, 0) is 32.0 Å². The zero-order valence-electron chi connectivity index (χ0n) is 27.2. The van der Waals surface area contributed by atoms with E-state index in [-0.39, 0.29) is 43.0 Å². The summed E-state index contributed by atoms with van der Waals surface area (Å²) in [7, 11) is 1.92. The molecule has 2 aromatic carbocycles. The van der Waals surface area contributed by atoms with Gasteiger partial charge in [0.1, 0.15) is 6.04 Å². The summed E-state index contributed by atoms with van der Waals surface area (Å²) in [6, 6.07) is 17.6. The predicted octanol–water partition coefficient (Wildman–Crippen LogP) is 2.58. The van der Waals surface area contributed by atoms with Gasteiger partial charge in [-0.25, -0.2) is 4.79 Å². The third kappa shape index (κ3) is 11.9. The van der Waals surface area contributed by atoms with Crippen LogP contribution in [0.4, 0.5) is 4.79 Å². The Morgan fingerprint density at radius 1 is 0.913 bits per heavy atom. The molecule has 0 radical (unpaired) electrons. The minimum absolute atomic E-state index is 0. The molecule has 254 valence electrons. The fraction of sp³-hybridized carbons (Fsp3) is 0.529. The quantitative estimate of drug-likeness (QED) is 0.196. The first-order valence-corrected chi connectivity index (χ1v) is 15.8. The van der Waals surface area contributed by atoms with E-state index in [2.05, 4.69) is 16.0 Å². The summed E-state index contributed by atoms with van der Waals surface area (Å²) >= 11 is 0. The number of carbonyl (C=O) groups excluding carboxylic acids is 4. The molecule has 5 atom stereocenters. The number of rotatable bonds is 15. The zero-order valence-corrected chi connectivity index (χ0v) is 28.0. The molecular formula is C34H50ClN5O6. The lowest BCUT2D eigenvalue weighted by molar-refractivity contribution is -0.139. The molecule has 2 aromatic rings. The first kappa shape index (κ1) is 38.5. The summed E-state index contributed by atoms with van der Waals surface area (Å²) in [4.78, 5) is 53.5. The summed E-state index contributed by atoms with van der Waals surface area (Å²) < 4.78 is 5.09. The number of aliphatic hydroxyl groups is 1. The molecule has 6 N–H and O–H groups in total. The molecule has 0 aromatic heterocycles. The third-order valence-electron chi connectivity index (χ3n) is 8.42. The third-order valence-corrected chi connectivity index (χ3v) is 8.42. The zero-order chi connectivity index (χ0) is 32.9.